The zero-order chi connectivity index (χ0) is 11.4. The lowest BCUT2D eigenvalue weighted by Gasteiger charge is -2.09. The molecule has 0 aromatic rings. The average molecular weight is 222 g/mol. The lowest BCUT2D eigenvalue weighted by Crippen LogP contribution is -2.21. The van der Waals surface area contributed by atoms with E-state index in [1.165, 1.54) is 6.92 Å². The Morgan fingerprint density at radius 1 is 1.64 bits per heavy atom. The Bertz CT molecular complexity index is 291. The van der Waals surface area contributed by atoms with Crippen LogP contribution in [0.5, 0.6) is 0 Å². The molecule has 6 nitrogen and oxygen atoms in total. The normalized spacial score (nSPS) is 13.4. The Labute approximate surface area is 80.8 Å². The lowest BCUT2D eigenvalue weighted by molar-refractivity contribution is -0.125. The van der Waals surface area contributed by atoms with Gasteiger partial charge in [-0.1, -0.05) is 6.58 Å². The molecule has 0 rings (SSSR count). The van der Waals surface area contributed by atoms with Gasteiger partial charge in [0.15, 0.2) is 5.78 Å². The summed E-state index contributed by atoms with van der Waals surface area (Å²) in [6.45, 7) is 4.07. The lowest BCUT2D eigenvalue weighted by atomic mass is 10.0. The first-order valence-corrected chi connectivity index (χ1v) is 5.16. The van der Waals surface area contributed by atoms with E-state index in [1.807, 2.05) is 0 Å². The Balaban J connectivity index is 4.32. The van der Waals surface area contributed by atoms with Crippen LogP contribution >= 0.6 is 7.82 Å². The van der Waals surface area contributed by atoms with Crippen molar-refractivity contribution in [2.24, 2.45) is 5.92 Å². The van der Waals surface area contributed by atoms with Crippen molar-refractivity contribution in [3.8, 4) is 0 Å². The maximum Gasteiger partial charge on any atom is 0.469 e. The Kier molecular flexibility index (Phi) is 4.87. The van der Waals surface area contributed by atoms with Gasteiger partial charge in [-0.25, -0.2) is 4.57 Å². The molecule has 0 heterocycles. The Morgan fingerprint density at radius 2 is 2.14 bits per heavy atom. The number of phosphoric acid groups is 1. The molecule has 0 radical (unpaired) electrons. The van der Waals surface area contributed by atoms with Crippen molar-refractivity contribution < 1.29 is 28.5 Å². The molecule has 0 aromatic heterocycles. The van der Waals surface area contributed by atoms with Crippen molar-refractivity contribution in [3.05, 3.63) is 12.2 Å². The molecule has 14 heavy (non-hydrogen) atoms. The van der Waals surface area contributed by atoms with Crippen molar-refractivity contribution in [1.82, 2.24) is 0 Å². The molecule has 0 aliphatic heterocycles. The van der Waals surface area contributed by atoms with Crippen molar-refractivity contribution in [2.45, 2.75) is 6.92 Å². The minimum absolute atomic E-state index is 0.136. The molecular weight excluding hydrogens is 211 g/mol. The van der Waals surface area contributed by atoms with Crippen LogP contribution in [0.2, 0.25) is 0 Å². The van der Waals surface area contributed by atoms with E-state index in [1.54, 1.807) is 0 Å². The summed E-state index contributed by atoms with van der Waals surface area (Å²) in [5.41, 5.74) is 0.136. The highest BCUT2D eigenvalue weighted by Gasteiger charge is 2.23. The number of carbonyl (C=O) groups is 2. The number of Topliss-reactive ketones (excluding diaryl/α,β-unsaturated/α-hetero) is 1. The zero-order valence-corrected chi connectivity index (χ0v) is 8.44. The largest absolute Gasteiger partial charge is 0.469 e. The molecule has 0 saturated heterocycles. The molecule has 0 saturated carbocycles. The highest BCUT2D eigenvalue weighted by molar-refractivity contribution is 7.46. The van der Waals surface area contributed by atoms with Gasteiger partial charge in [-0.15, -0.1) is 0 Å². The summed E-state index contributed by atoms with van der Waals surface area (Å²) < 4.78 is 14.3. The van der Waals surface area contributed by atoms with Crippen LogP contribution in [0, 0.1) is 5.92 Å². The standard InChI is InChI=1S/C7H11O6P/c1-5(2)7(9)6(3-8)4-13-14(10,11)12/h3,6H,1,4H2,2H3,(H2,10,11,12). The topological polar surface area (TPSA) is 101 Å². The van der Waals surface area contributed by atoms with E-state index in [-0.39, 0.29) is 11.9 Å². The summed E-state index contributed by atoms with van der Waals surface area (Å²) in [7, 11) is -4.64. The van der Waals surface area contributed by atoms with Gasteiger partial charge < -0.3 is 14.6 Å². The third-order valence-electron chi connectivity index (χ3n) is 1.34. The van der Waals surface area contributed by atoms with Crippen molar-refractivity contribution in [2.75, 3.05) is 6.61 Å². The molecule has 0 spiro atoms. The highest BCUT2D eigenvalue weighted by atomic mass is 31.2. The molecule has 80 valence electrons. The number of hydrogen-bond donors (Lipinski definition) is 2. The second-order valence-electron chi connectivity index (χ2n) is 2.67. The predicted molar refractivity (Wildman–Crippen MR) is 47.4 cm³/mol. The second-order valence-corrected chi connectivity index (χ2v) is 3.91. The van der Waals surface area contributed by atoms with E-state index < -0.39 is 26.1 Å². The van der Waals surface area contributed by atoms with Gasteiger partial charge in [0.1, 0.15) is 12.2 Å². The van der Waals surface area contributed by atoms with Crippen LogP contribution in [0.3, 0.4) is 0 Å². The number of rotatable bonds is 6. The maximum atomic E-state index is 11.1. The van der Waals surface area contributed by atoms with E-state index >= 15 is 0 Å². The number of carbonyl (C=O) groups excluding carboxylic acids is 2. The Morgan fingerprint density at radius 3 is 2.43 bits per heavy atom. The fourth-order valence-electron chi connectivity index (χ4n) is 0.671. The minimum atomic E-state index is -4.64. The first-order valence-electron chi connectivity index (χ1n) is 3.63. The molecule has 1 atom stereocenters. The van der Waals surface area contributed by atoms with E-state index in [9.17, 15) is 14.2 Å². The second kappa shape index (κ2) is 5.17. The average Bonchev–Trinajstić information content (AvgIpc) is 2.02. The van der Waals surface area contributed by atoms with Gasteiger partial charge in [-0.2, -0.15) is 0 Å². The first-order chi connectivity index (χ1) is 6.28. The fourth-order valence-corrected chi connectivity index (χ4v) is 1.03. The number of allylic oxidation sites excluding steroid dienone is 1. The maximum absolute atomic E-state index is 11.1. The van der Waals surface area contributed by atoms with Gasteiger partial charge in [-0.3, -0.25) is 9.32 Å². The quantitative estimate of drug-likeness (QED) is 0.285. The summed E-state index contributed by atoms with van der Waals surface area (Å²) in [5, 5.41) is 0. The van der Waals surface area contributed by atoms with E-state index in [4.69, 9.17) is 9.79 Å². The number of aldehydes is 1. The number of phosphoric ester groups is 1. The van der Waals surface area contributed by atoms with E-state index in [0.29, 0.717) is 0 Å². The van der Waals surface area contributed by atoms with Gasteiger partial charge in [0.05, 0.1) is 6.61 Å². The molecule has 0 fully saturated rings. The van der Waals surface area contributed by atoms with Crippen LogP contribution in [-0.2, 0) is 18.7 Å². The predicted octanol–water partition coefficient (Wildman–Crippen LogP) is 0.0560. The van der Waals surface area contributed by atoms with Crippen molar-refractivity contribution in [1.29, 1.82) is 0 Å². The van der Waals surface area contributed by atoms with Crippen LogP contribution in [0.25, 0.3) is 0 Å². The van der Waals surface area contributed by atoms with E-state index in [0.717, 1.165) is 0 Å². The van der Waals surface area contributed by atoms with Crippen LogP contribution in [0.15, 0.2) is 12.2 Å². The van der Waals surface area contributed by atoms with Gasteiger partial charge in [0, 0.05) is 0 Å². The van der Waals surface area contributed by atoms with Crippen LogP contribution in [0.1, 0.15) is 6.92 Å². The monoisotopic (exact) mass is 222 g/mol. The zero-order valence-electron chi connectivity index (χ0n) is 7.54. The summed E-state index contributed by atoms with van der Waals surface area (Å²) >= 11 is 0. The molecule has 0 aliphatic rings. The highest BCUT2D eigenvalue weighted by Crippen LogP contribution is 2.36. The summed E-state index contributed by atoms with van der Waals surface area (Å²) in [4.78, 5) is 38.1. The minimum Gasteiger partial charge on any atom is -0.303 e. The number of ketones is 1. The molecule has 0 amide bonds. The van der Waals surface area contributed by atoms with Crippen LogP contribution in [-0.4, -0.2) is 28.5 Å². The first kappa shape index (κ1) is 13.2. The third-order valence-corrected chi connectivity index (χ3v) is 1.83. The smallest absolute Gasteiger partial charge is 0.303 e. The molecular formula is C7H11O6P. The Hall–Kier alpha value is -0.810. The van der Waals surface area contributed by atoms with Gasteiger partial charge in [0.25, 0.3) is 0 Å². The summed E-state index contributed by atoms with van der Waals surface area (Å²) in [6, 6.07) is 0. The molecule has 0 aromatic carbocycles. The molecule has 0 bridgehead atoms. The molecule has 1 unspecified atom stereocenters. The third kappa shape index (κ3) is 5.04. The molecule has 2 N–H and O–H groups in total. The van der Waals surface area contributed by atoms with Crippen molar-refractivity contribution in [3.63, 3.8) is 0 Å². The fraction of sp³-hybridized carbons (Fsp3) is 0.429. The van der Waals surface area contributed by atoms with Gasteiger partial charge >= 0.3 is 7.82 Å². The van der Waals surface area contributed by atoms with Crippen molar-refractivity contribution >= 4 is 19.9 Å². The van der Waals surface area contributed by atoms with Gasteiger partial charge in [0.2, 0.25) is 0 Å². The summed E-state index contributed by atoms with van der Waals surface area (Å²) in [5.74, 6) is -1.80. The summed E-state index contributed by atoms with van der Waals surface area (Å²) in [6.07, 6.45) is 0.271. The molecule has 7 heteroatoms. The molecule has 0 aliphatic carbocycles. The number of hydrogen-bond acceptors (Lipinski definition) is 4. The van der Waals surface area contributed by atoms with E-state index in [2.05, 4.69) is 11.1 Å². The van der Waals surface area contributed by atoms with Crippen LogP contribution in [0.4, 0.5) is 0 Å². The van der Waals surface area contributed by atoms with Gasteiger partial charge in [-0.05, 0) is 12.5 Å². The SMILES string of the molecule is C=C(C)C(=O)C(C=O)COP(=O)(O)O. The van der Waals surface area contributed by atoms with Crippen LogP contribution < -0.4 is 0 Å².